The van der Waals surface area contributed by atoms with E-state index in [0.29, 0.717) is 37.9 Å². The van der Waals surface area contributed by atoms with Crippen molar-refractivity contribution in [1.29, 1.82) is 0 Å². The molecule has 4 nitrogen and oxygen atoms in total. The zero-order valence-corrected chi connectivity index (χ0v) is 15.5. The molecule has 0 N–H and O–H groups in total. The summed E-state index contributed by atoms with van der Waals surface area (Å²) >= 11 is 0. The first-order valence-corrected chi connectivity index (χ1v) is 10.1. The Hall–Kier alpha value is -1.84. The summed E-state index contributed by atoms with van der Waals surface area (Å²) in [5.74, 6) is -0.713. The highest BCUT2D eigenvalue weighted by Gasteiger charge is 2.36. The summed E-state index contributed by atoms with van der Waals surface area (Å²) in [6.07, 6.45) is 20.3. The Morgan fingerprint density at radius 2 is 1.19 bits per heavy atom. The number of esters is 2. The Morgan fingerprint density at radius 1 is 0.731 bits per heavy atom. The maximum atomic E-state index is 12.6. The van der Waals surface area contributed by atoms with Gasteiger partial charge < -0.3 is 9.47 Å². The smallest absolute Gasteiger partial charge is 0.310 e. The van der Waals surface area contributed by atoms with Gasteiger partial charge in [-0.3, -0.25) is 9.59 Å². The Kier molecular flexibility index (Phi) is 7.10. The quantitative estimate of drug-likeness (QED) is 0.523. The van der Waals surface area contributed by atoms with Crippen molar-refractivity contribution in [3.63, 3.8) is 0 Å². The molecule has 3 rings (SSSR count). The zero-order valence-electron chi connectivity index (χ0n) is 15.5. The molecule has 0 aromatic carbocycles. The summed E-state index contributed by atoms with van der Waals surface area (Å²) in [6.45, 7) is 0.842. The van der Waals surface area contributed by atoms with Crippen molar-refractivity contribution in [3.8, 4) is 0 Å². The van der Waals surface area contributed by atoms with E-state index in [9.17, 15) is 9.59 Å². The summed E-state index contributed by atoms with van der Waals surface area (Å²) in [4.78, 5) is 25.1. The van der Waals surface area contributed by atoms with Gasteiger partial charge in [0.1, 0.15) is 0 Å². The molecule has 0 aromatic rings. The Bertz CT molecular complexity index is 525. The van der Waals surface area contributed by atoms with Gasteiger partial charge in [0.05, 0.1) is 25.0 Å². The minimum Gasteiger partial charge on any atom is -0.465 e. The topological polar surface area (TPSA) is 52.6 Å². The van der Waals surface area contributed by atoms with Crippen LogP contribution < -0.4 is 0 Å². The number of allylic oxidation sites excluding steroid dienone is 4. The molecule has 0 amide bonds. The Balaban J connectivity index is 1.50. The van der Waals surface area contributed by atoms with Crippen LogP contribution in [0, 0.1) is 23.7 Å². The highest BCUT2D eigenvalue weighted by molar-refractivity contribution is 5.82. The largest absolute Gasteiger partial charge is 0.465 e. The van der Waals surface area contributed by atoms with Crippen LogP contribution in [0.2, 0.25) is 0 Å². The van der Waals surface area contributed by atoms with E-state index < -0.39 is 11.8 Å². The van der Waals surface area contributed by atoms with Crippen LogP contribution in [0.15, 0.2) is 36.5 Å². The van der Waals surface area contributed by atoms with Gasteiger partial charge in [0, 0.05) is 11.8 Å². The van der Waals surface area contributed by atoms with Gasteiger partial charge in [0.25, 0.3) is 0 Å². The second kappa shape index (κ2) is 9.75. The summed E-state index contributed by atoms with van der Waals surface area (Å²) < 4.78 is 11.1. The van der Waals surface area contributed by atoms with E-state index in [1.54, 1.807) is 0 Å². The average Bonchev–Trinajstić information content (AvgIpc) is 2.72. The third-order valence-corrected chi connectivity index (χ3v) is 5.63. The first kappa shape index (κ1) is 18.9. The van der Waals surface area contributed by atoms with Crippen molar-refractivity contribution in [3.05, 3.63) is 36.5 Å². The molecule has 0 heterocycles. The molecule has 0 aromatic heterocycles. The SMILES string of the molecule is O=C(OCC1C=CCCC1)C1CC=CCC1C(=O)OCC1C=CCCC1. The van der Waals surface area contributed by atoms with Crippen molar-refractivity contribution in [1.82, 2.24) is 0 Å². The van der Waals surface area contributed by atoms with Crippen molar-refractivity contribution in [2.24, 2.45) is 23.7 Å². The molecular weight excluding hydrogens is 328 g/mol. The lowest BCUT2D eigenvalue weighted by Gasteiger charge is -2.27. The number of ether oxygens (including phenoxy) is 2. The normalized spacial score (nSPS) is 30.8. The van der Waals surface area contributed by atoms with Crippen molar-refractivity contribution in [2.75, 3.05) is 13.2 Å². The molecule has 0 aliphatic heterocycles. The lowest BCUT2D eigenvalue weighted by atomic mass is 9.83. The summed E-state index contributed by atoms with van der Waals surface area (Å²) in [5.41, 5.74) is 0. The van der Waals surface area contributed by atoms with Gasteiger partial charge in [-0.15, -0.1) is 0 Å². The summed E-state index contributed by atoms with van der Waals surface area (Å²) in [5, 5.41) is 0. The van der Waals surface area contributed by atoms with E-state index in [1.807, 2.05) is 12.2 Å². The Morgan fingerprint density at radius 3 is 1.58 bits per heavy atom. The number of hydrogen-bond donors (Lipinski definition) is 0. The van der Waals surface area contributed by atoms with Crippen molar-refractivity contribution >= 4 is 11.9 Å². The number of carbonyl (C=O) groups excluding carboxylic acids is 2. The summed E-state index contributed by atoms with van der Waals surface area (Å²) in [6, 6.07) is 0. The number of rotatable bonds is 6. The maximum absolute atomic E-state index is 12.6. The van der Waals surface area contributed by atoms with E-state index in [0.717, 1.165) is 38.5 Å². The molecule has 4 atom stereocenters. The van der Waals surface area contributed by atoms with Gasteiger partial charge >= 0.3 is 11.9 Å². The molecule has 0 fully saturated rings. The molecule has 0 spiro atoms. The van der Waals surface area contributed by atoms with Gasteiger partial charge in [-0.1, -0.05) is 36.5 Å². The van der Waals surface area contributed by atoms with Crippen LogP contribution in [0.1, 0.15) is 51.4 Å². The van der Waals surface area contributed by atoms with Crippen LogP contribution in [-0.4, -0.2) is 25.2 Å². The van der Waals surface area contributed by atoms with Crippen LogP contribution in [0.3, 0.4) is 0 Å². The molecule has 3 aliphatic carbocycles. The van der Waals surface area contributed by atoms with Crippen molar-refractivity contribution in [2.45, 2.75) is 51.4 Å². The Labute approximate surface area is 156 Å². The number of carbonyl (C=O) groups is 2. The molecule has 4 unspecified atom stereocenters. The van der Waals surface area contributed by atoms with E-state index >= 15 is 0 Å². The van der Waals surface area contributed by atoms with Gasteiger partial charge in [0.2, 0.25) is 0 Å². The second-order valence-electron chi connectivity index (χ2n) is 7.65. The minimum atomic E-state index is -0.415. The molecule has 26 heavy (non-hydrogen) atoms. The van der Waals surface area contributed by atoms with E-state index in [1.165, 1.54) is 0 Å². The minimum absolute atomic E-state index is 0.257. The molecule has 4 heteroatoms. The molecule has 0 radical (unpaired) electrons. The van der Waals surface area contributed by atoms with Gasteiger partial charge in [0.15, 0.2) is 0 Å². The van der Waals surface area contributed by atoms with Crippen LogP contribution >= 0.6 is 0 Å². The van der Waals surface area contributed by atoms with E-state index in [-0.39, 0.29) is 11.9 Å². The van der Waals surface area contributed by atoms with Gasteiger partial charge in [-0.05, 0) is 51.4 Å². The lowest BCUT2D eigenvalue weighted by molar-refractivity contribution is -0.162. The molecular formula is C22H30O4. The zero-order chi connectivity index (χ0) is 18.2. The summed E-state index contributed by atoms with van der Waals surface area (Å²) in [7, 11) is 0. The first-order chi connectivity index (χ1) is 12.7. The van der Waals surface area contributed by atoms with Crippen LogP contribution in [0.25, 0.3) is 0 Å². The van der Waals surface area contributed by atoms with Crippen LogP contribution in [0.4, 0.5) is 0 Å². The molecule has 0 bridgehead atoms. The predicted octanol–water partition coefficient (Wildman–Crippen LogP) is 4.37. The number of hydrogen-bond acceptors (Lipinski definition) is 4. The third-order valence-electron chi connectivity index (χ3n) is 5.63. The molecule has 0 saturated carbocycles. The van der Waals surface area contributed by atoms with Crippen LogP contribution in [0.5, 0.6) is 0 Å². The molecule has 0 saturated heterocycles. The van der Waals surface area contributed by atoms with Gasteiger partial charge in [-0.2, -0.15) is 0 Å². The standard InChI is InChI=1S/C22H30O4/c23-21(25-15-17-9-3-1-4-10-17)19-13-7-8-14-20(19)22(24)26-16-18-11-5-2-6-12-18/h3,5,7-9,11,17-20H,1-2,4,6,10,12-16H2. The maximum Gasteiger partial charge on any atom is 0.310 e. The lowest BCUT2D eigenvalue weighted by Crippen LogP contribution is -2.35. The molecule has 3 aliphatic rings. The monoisotopic (exact) mass is 358 g/mol. The predicted molar refractivity (Wildman–Crippen MR) is 100 cm³/mol. The fraction of sp³-hybridized carbons (Fsp3) is 0.636. The molecule has 142 valence electrons. The van der Waals surface area contributed by atoms with Gasteiger partial charge in [-0.25, -0.2) is 0 Å². The fourth-order valence-corrected chi connectivity index (χ4v) is 3.97. The van der Waals surface area contributed by atoms with E-state index in [4.69, 9.17) is 9.47 Å². The fourth-order valence-electron chi connectivity index (χ4n) is 3.97. The van der Waals surface area contributed by atoms with Crippen LogP contribution in [-0.2, 0) is 19.1 Å². The third kappa shape index (κ3) is 5.33. The van der Waals surface area contributed by atoms with E-state index in [2.05, 4.69) is 24.3 Å². The highest BCUT2D eigenvalue weighted by Crippen LogP contribution is 2.29. The first-order valence-electron chi connectivity index (χ1n) is 10.1. The average molecular weight is 358 g/mol. The van der Waals surface area contributed by atoms with Crippen molar-refractivity contribution < 1.29 is 19.1 Å². The highest BCUT2D eigenvalue weighted by atomic mass is 16.5. The second-order valence-corrected chi connectivity index (χ2v) is 7.65.